The van der Waals surface area contributed by atoms with Gasteiger partial charge in [-0.25, -0.2) is 9.97 Å². The molecule has 1 fully saturated rings. The van der Waals surface area contributed by atoms with Crippen molar-refractivity contribution in [2.75, 3.05) is 6.61 Å². The maximum atomic E-state index is 10.7. The summed E-state index contributed by atoms with van der Waals surface area (Å²) in [5.41, 5.74) is -0.0903. The molecule has 0 bridgehead atoms. The van der Waals surface area contributed by atoms with Gasteiger partial charge in [0.15, 0.2) is 0 Å². The normalized spacial score (nSPS) is 17.5. The molecule has 14 heavy (non-hydrogen) atoms. The molecule has 1 aromatic rings. The fourth-order valence-electron chi connectivity index (χ4n) is 1.40. The van der Waals surface area contributed by atoms with Crippen LogP contribution in [0.15, 0.2) is 18.5 Å². The van der Waals surface area contributed by atoms with Gasteiger partial charge in [-0.3, -0.25) is 4.79 Å². The highest BCUT2D eigenvalue weighted by Gasteiger charge is 2.48. The van der Waals surface area contributed by atoms with E-state index in [0.717, 1.165) is 18.7 Å². The number of nitrogens with zero attached hydrogens (tertiary/aromatic N) is 2. The standard InChI is InChI=1S/C10H12N2O2/c1-8(13)14-7-10(3-4-10)9-11-5-2-6-12-9/h2,5-6H,3-4,7H2,1H3. The van der Waals surface area contributed by atoms with E-state index in [1.165, 1.54) is 6.92 Å². The molecule has 74 valence electrons. The Labute approximate surface area is 82.3 Å². The average Bonchev–Trinajstić information content (AvgIpc) is 2.97. The number of hydrogen-bond donors (Lipinski definition) is 0. The van der Waals surface area contributed by atoms with E-state index in [1.807, 2.05) is 0 Å². The van der Waals surface area contributed by atoms with Crippen LogP contribution >= 0.6 is 0 Å². The summed E-state index contributed by atoms with van der Waals surface area (Å²) < 4.78 is 5.00. The van der Waals surface area contributed by atoms with E-state index < -0.39 is 0 Å². The molecule has 2 rings (SSSR count). The van der Waals surface area contributed by atoms with E-state index in [9.17, 15) is 4.79 Å². The van der Waals surface area contributed by atoms with Gasteiger partial charge < -0.3 is 4.74 Å². The van der Waals surface area contributed by atoms with Crippen LogP contribution in [0.3, 0.4) is 0 Å². The number of aromatic nitrogens is 2. The van der Waals surface area contributed by atoms with E-state index in [4.69, 9.17) is 4.74 Å². The smallest absolute Gasteiger partial charge is 0.302 e. The third-order valence-electron chi connectivity index (χ3n) is 2.45. The lowest BCUT2D eigenvalue weighted by Crippen LogP contribution is -2.19. The molecule has 4 nitrogen and oxygen atoms in total. The van der Waals surface area contributed by atoms with Crippen molar-refractivity contribution in [2.45, 2.75) is 25.2 Å². The van der Waals surface area contributed by atoms with Crippen molar-refractivity contribution < 1.29 is 9.53 Å². The van der Waals surface area contributed by atoms with Crippen LogP contribution in [-0.4, -0.2) is 22.5 Å². The number of ether oxygens (including phenoxy) is 1. The summed E-state index contributed by atoms with van der Waals surface area (Å²) in [6, 6.07) is 1.78. The van der Waals surface area contributed by atoms with Crippen molar-refractivity contribution in [3.63, 3.8) is 0 Å². The molecule has 1 aliphatic rings. The second kappa shape index (κ2) is 3.36. The van der Waals surface area contributed by atoms with Gasteiger partial charge in [0.1, 0.15) is 12.4 Å². The van der Waals surface area contributed by atoms with Crippen LogP contribution in [0.25, 0.3) is 0 Å². The Morgan fingerprint density at radius 3 is 2.64 bits per heavy atom. The second-order valence-electron chi connectivity index (χ2n) is 3.63. The Hall–Kier alpha value is -1.45. The first-order chi connectivity index (χ1) is 6.73. The predicted octanol–water partition coefficient (Wildman–Crippen LogP) is 1.07. The Balaban J connectivity index is 2.06. The molecular weight excluding hydrogens is 180 g/mol. The van der Waals surface area contributed by atoms with E-state index in [2.05, 4.69) is 9.97 Å². The highest BCUT2D eigenvalue weighted by atomic mass is 16.5. The monoisotopic (exact) mass is 192 g/mol. The predicted molar refractivity (Wildman–Crippen MR) is 49.6 cm³/mol. The van der Waals surface area contributed by atoms with Crippen LogP contribution in [0.1, 0.15) is 25.6 Å². The van der Waals surface area contributed by atoms with Crippen LogP contribution in [0.5, 0.6) is 0 Å². The summed E-state index contributed by atoms with van der Waals surface area (Å²) in [6.45, 7) is 1.83. The molecule has 1 saturated carbocycles. The van der Waals surface area contributed by atoms with Crippen LogP contribution < -0.4 is 0 Å². The van der Waals surface area contributed by atoms with E-state index in [1.54, 1.807) is 18.5 Å². The zero-order valence-electron chi connectivity index (χ0n) is 8.06. The fourth-order valence-corrected chi connectivity index (χ4v) is 1.40. The quantitative estimate of drug-likeness (QED) is 0.672. The summed E-state index contributed by atoms with van der Waals surface area (Å²) in [6.07, 6.45) is 5.45. The van der Waals surface area contributed by atoms with Crippen molar-refractivity contribution in [1.29, 1.82) is 0 Å². The lowest BCUT2D eigenvalue weighted by Gasteiger charge is -2.12. The Morgan fingerprint density at radius 1 is 1.50 bits per heavy atom. The van der Waals surface area contributed by atoms with Crippen LogP contribution in [0, 0.1) is 0 Å². The van der Waals surface area contributed by atoms with Gasteiger partial charge in [-0.2, -0.15) is 0 Å². The molecular formula is C10H12N2O2. The summed E-state index contributed by atoms with van der Waals surface area (Å²) in [7, 11) is 0. The van der Waals surface area contributed by atoms with Crippen molar-refractivity contribution in [1.82, 2.24) is 9.97 Å². The Kier molecular flexibility index (Phi) is 2.19. The highest BCUT2D eigenvalue weighted by molar-refractivity contribution is 5.66. The number of rotatable bonds is 3. The minimum absolute atomic E-state index is 0.0903. The average molecular weight is 192 g/mol. The SMILES string of the molecule is CC(=O)OCC1(c2ncccn2)CC1. The van der Waals surface area contributed by atoms with Gasteiger partial charge in [0.05, 0.1) is 5.41 Å². The number of esters is 1. The second-order valence-corrected chi connectivity index (χ2v) is 3.63. The summed E-state index contributed by atoms with van der Waals surface area (Å²) in [5, 5.41) is 0. The Bertz CT molecular complexity index is 333. The third kappa shape index (κ3) is 1.73. The molecule has 0 aliphatic heterocycles. The molecule has 0 N–H and O–H groups in total. The fraction of sp³-hybridized carbons (Fsp3) is 0.500. The lowest BCUT2D eigenvalue weighted by molar-refractivity contribution is -0.141. The van der Waals surface area contributed by atoms with Gasteiger partial charge in [-0.15, -0.1) is 0 Å². The first kappa shape index (κ1) is 9.12. The molecule has 0 spiro atoms. The zero-order chi connectivity index (χ0) is 10.0. The molecule has 0 amide bonds. The van der Waals surface area contributed by atoms with Crippen molar-refractivity contribution in [3.05, 3.63) is 24.3 Å². The first-order valence-electron chi connectivity index (χ1n) is 4.64. The number of carbonyl (C=O) groups is 1. The zero-order valence-corrected chi connectivity index (χ0v) is 8.06. The van der Waals surface area contributed by atoms with Gasteiger partial charge >= 0.3 is 5.97 Å². The minimum atomic E-state index is -0.243. The molecule has 0 atom stereocenters. The molecule has 0 radical (unpaired) electrons. The highest BCUT2D eigenvalue weighted by Crippen LogP contribution is 2.46. The maximum absolute atomic E-state index is 10.7. The molecule has 1 aromatic heterocycles. The van der Waals surface area contributed by atoms with Gasteiger partial charge in [0.25, 0.3) is 0 Å². The maximum Gasteiger partial charge on any atom is 0.302 e. The molecule has 0 aromatic carbocycles. The first-order valence-corrected chi connectivity index (χ1v) is 4.64. The van der Waals surface area contributed by atoms with Crippen LogP contribution in [-0.2, 0) is 14.9 Å². The van der Waals surface area contributed by atoms with Gasteiger partial charge in [-0.05, 0) is 18.9 Å². The van der Waals surface area contributed by atoms with Gasteiger partial charge in [-0.1, -0.05) is 0 Å². The summed E-state index contributed by atoms with van der Waals surface area (Å²) in [5.74, 6) is 0.549. The molecule has 4 heteroatoms. The largest absolute Gasteiger partial charge is 0.465 e. The summed E-state index contributed by atoms with van der Waals surface area (Å²) >= 11 is 0. The minimum Gasteiger partial charge on any atom is -0.465 e. The molecule has 0 saturated heterocycles. The van der Waals surface area contributed by atoms with Gasteiger partial charge in [0, 0.05) is 19.3 Å². The van der Waals surface area contributed by atoms with E-state index >= 15 is 0 Å². The van der Waals surface area contributed by atoms with Crippen molar-refractivity contribution >= 4 is 5.97 Å². The number of carbonyl (C=O) groups excluding carboxylic acids is 1. The third-order valence-corrected chi connectivity index (χ3v) is 2.45. The molecule has 0 unspecified atom stereocenters. The van der Waals surface area contributed by atoms with Gasteiger partial charge in [0.2, 0.25) is 0 Å². The van der Waals surface area contributed by atoms with E-state index in [-0.39, 0.29) is 11.4 Å². The van der Waals surface area contributed by atoms with Crippen LogP contribution in [0.4, 0.5) is 0 Å². The summed E-state index contributed by atoms with van der Waals surface area (Å²) in [4.78, 5) is 19.1. The van der Waals surface area contributed by atoms with Crippen molar-refractivity contribution in [3.8, 4) is 0 Å². The van der Waals surface area contributed by atoms with Crippen molar-refractivity contribution in [2.24, 2.45) is 0 Å². The topological polar surface area (TPSA) is 52.1 Å². The lowest BCUT2D eigenvalue weighted by atomic mass is 10.1. The molecule has 1 aliphatic carbocycles. The van der Waals surface area contributed by atoms with Crippen LogP contribution in [0.2, 0.25) is 0 Å². The van der Waals surface area contributed by atoms with E-state index in [0.29, 0.717) is 6.61 Å². The number of hydrogen-bond acceptors (Lipinski definition) is 4. The Morgan fingerprint density at radius 2 is 2.14 bits per heavy atom. The molecule has 1 heterocycles.